The first-order valence-electron chi connectivity index (χ1n) is 4.94. The minimum Gasteiger partial charge on any atom is -0.506 e. The van der Waals surface area contributed by atoms with Crippen LogP contribution in [0.3, 0.4) is 0 Å². The lowest BCUT2D eigenvalue weighted by molar-refractivity contribution is 0.411. The zero-order chi connectivity index (χ0) is 10.1. The van der Waals surface area contributed by atoms with Crippen molar-refractivity contribution in [2.75, 3.05) is 25.9 Å². The predicted octanol–water partition coefficient (Wildman–Crippen LogP) is 1.39. The fourth-order valence-corrected chi connectivity index (χ4v) is 2.03. The van der Waals surface area contributed by atoms with E-state index in [4.69, 9.17) is 5.73 Å². The molecule has 0 aromatic heterocycles. The molecule has 1 aromatic carbocycles. The molecule has 14 heavy (non-hydrogen) atoms. The first-order chi connectivity index (χ1) is 6.66. The number of nitrogen functional groups attached to an aromatic ring is 1. The molecular formula is C11H16N2O. The van der Waals surface area contributed by atoms with Crippen LogP contribution in [0.2, 0.25) is 0 Å². The van der Waals surface area contributed by atoms with Crippen molar-refractivity contribution in [3.63, 3.8) is 0 Å². The van der Waals surface area contributed by atoms with Crippen molar-refractivity contribution in [1.29, 1.82) is 0 Å². The molecule has 1 atom stereocenters. The lowest BCUT2D eigenvalue weighted by atomic mass is 9.98. The van der Waals surface area contributed by atoms with Crippen LogP contribution in [-0.2, 0) is 0 Å². The van der Waals surface area contributed by atoms with Gasteiger partial charge in [-0.3, -0.25) is 0 Å². The third kappa shape index (κ3) is 1.68. The molecule has 2 rings (SSSR count). The molecule has 0 radical (unpaired) electrons. The smallest absolute Gasteiger partial charge is 0.138 e. The first kappa shape index (κ1) is 9.34. The third-order valence-electron chi connectivity index (χ3n) is 2.91. The van der Waals surface area contributed by atoms with Gasteiger partial charge in [0.1, 0.15) is 5.75 Å². The molecule has 1 unspecified atom stereocenters. The summed E-state index contributed by atoms with van der Waals surface area (Å²) in [5.41, 5.74) is 7.38. The molecular weight excluding hydrogens is 176 g/mol. The van der Waals surface area contributed by atoms with Crippen molar-refractivity contribution < 1.29 is 5.11 Å². The van der Waals surface area contributed by atoms with Gasteiger partial charge >= 0.3 is 0 Å². The fraction of sp³-hybridized carbons (Fsp3) is 0.455. The van der Waals surface area contributed by atoms with Crippen LogP contribution < -0.4 is 5.73 Å². The summed E-state index contributed by atoms with van der Waals surface area (Å²) in [6.07, 6.45) is 1.18. The molecule has 76 valence electrons. The SMILES string of the molecule is CN1CCC(c2ccc(O)c(N)c2)C1. The highest BCUT2D eigenvalue weighted by Crippen LogP contribution is 2.30. The second-order valence-electron chi connectivity index (χ2n) is 4.07. The fourth-order valence-electron chi connectivity index (χ4n) is 2.03. The van der Waals surface area contributed by atoms with Gasteiger partial charge in [0.25, 0.3) is 0 Å². The van der Waals surface area contributed by atoms with Gasteiger partial charge in [-0.05, 0) is 43.6 Å². The Morgan fingerprint density at radius 2 is 2.29 bits per heavy atom. The summed E-state index contributed by atoms with van der Waals surface area (Å²) in [5, 5.41) is 9.30. The number of aromatic hydroxyl groups is 1. The second kappa shape index (κ2) is 3.50. The molecule has 1 aliphatic heterocycles. The lowest BCUT2D eigenvalue weighted by Crippen LogP contribution is -2.13. The zero-order valence-corrected chi connectivity index (χ0v) is 8.40. The van der Waals surface area contributed by atoms with Gasteiger partial charge in [0.05, 0.1) is 5.69 Å². The predicted molar refractivity (Wildman–Crippen MR) is 57.4 cm³/mol. The number of phenolic OH excluding ortho intramolecular Hbond substituents is 1. The molecule has 0 amide bonds. The van der Waals surface area contributed by atoms with Crippen LogP contribution in [0.15, 0.2) is 18.2 Å². The summed E-state index contributed by atoms with van der Waals surface area (Å²) in [6, 6.07) is 5.54. The largest absolute Gasteiger partial charge is 0.506 e. The number of likely N-dealkylation sites (N-methyl/N-ethyl adjacent to an activating group) is 1. The number of likely N-dealkylation sites (tertiary alicyclic amines) is 1. The highest BCUT2D eigenvalue weighted by atomic mass is 16.3. The van der Waals surface area contributed by atoms with Crippen LogP contribution in [0.1, 0.15) is 17.9 Å². The first-order valence-corrected chi connectivity index (χ1v) is 4.94. The topological polar surface area (TPSA) is 49.5 Å². The summed E-state index contributed by atoms with van der Waals surface area (Å²) in [6.45, 7) is 2.23. The highest BCUT2D eigenvalue weighted by Gasteiger charge is 2.21. The molecule has 0 spiro atoms. The van der Waals surface area contributed by atoms with Crippen molar-refractivity contribution in [1.82, 2.24) is 4.90 Å². The summed E-state index contributed by atoms with van der Waals surface area (Å²) in [5.74, 6) is 0.753. The van der Waals surface area contributed by atoms with Gasteiger partial charge in [-0.25, -0.2) is 0 Å². The van der Waals surface area contributed by atoms with E-state index in [1.54, 1.807) is 6.07 Å². The van der Waals surface area contributed by atoms with Crippen LogP contribution in [0.5, 0.6) is 5.75 Å². The number of nitrogens with zero attached hydrogens (tertiary/aromatic N) is 1. The summed E-state index contributed by atoms with van der Waals surface area (Å²) < 4.78 is 0. The van der Waals surface area contributed by atoms with Crippen molar-refractivity contribution in [2.24, 2.45) is 0 Å². The van der Waals surface area contributed by atoms with Gasteiger partial charge < -0.3 is 15.7 Å². The van der Waals surface area contributed by atoms with E-state index < -0.39 is 0 Å². The lowest BCUT2D eigenvalue weighted by Gasteiger charge is -2.11. The highest BCUT2D eigenvalue weighted by molar-refractivity contribution is 5.54. The van der Waals surface area contributed by atoms with Crippen molar-refractivity contribution >= 4 is 5.69 Å². The standard InChI is InChI=1S/C11H16N2O/c1-13-5-4-9(7-13)8-2-3-11(14)10(12)6-8/h2-3,6,9,14H,4-5,7,12H2,1H3. The van der Waals surface area contributed by atoms with Crippen LogP contribution in [0.25, 0.3) is 0 Å². The van der Waals surface area contributed by atoms with E-state index >= 15 is 0 Å². The molecule has 0 aliphatic carbocycles. The molecule has 0 bridgehead atoms. The Hall–Kier alpha value is -1.22. The van der Waals surface area contributed by atoms with Crippen molar-refractivity contribution in [3.8, 4) is 5.75 Å². The van der Waals surface area contributed by atoms with E-state index in [0.29, 0.717) is 11.6 Å². The molecule has 1 heterocycles. The summed E-state index contributed by atoms with van der Waals surface area (Å²) >= 11 is 0. The third-order valence-corrected chi connectivity index (χ3v) is 2.91. The molecule has 1 aliphatic rings. The number of hydrogen-bond acceptors (Lipinski definition) is 3. The Bertz CT molecular complexity index is 338. The molecule has 3 N–H and O–H groups in total. The molecule has 1 saturated heterocycles. The van der Waals surface area contributed by atoms with Gasteiger partial charge in [-0.2, -0.15) is 0 Å². The van der Waals surface area contributed by atoms with Crippen molar-refractivity contribution in [2.45, 2.75) is 12.3 Å². The quantitative estimate of drug-likeness (QED) is 0.522. The molecule has 0 saturated carbocycles. The van der Waals surface area contributed by atoms with Crippen LogP contribution in [0, 0.1) is 0 Å². The van der Waals surface area contributed by atoms with E-state index in [9.17, 15) is 5.11 Å². The number of nitrogens with two attached hydrogens (primary N) is 1. The Balaban J connectivity index is 2.20. The number of hydrogen-bond donors (Lipinski definition) is 2. The average Bonchev–Trinajstić information content (AvgIpc) is 2.57. The maximum absolute atomic E-state index is 9.30. The molecule has 1 fully saturated rings. The average molecular weight is 192 g/mol. The number of anilines is 1. The molecule has 1 aromatic rings. The van der Waals surface area contributed by atoms with E-state index in [-0.39, 0.29) is 5.75 Å². The maximum Gasteiger partial charge on any atom is 0.138 e. The van der Waals surface area contributed by atoms with Crippen LogP contribution in [-0.4, -0.2) is 30.1 Å². The molecule has 3 heteroatoms. The number of phenols is 1. The van der Waals surface area contributed by atoms with E-state index in [1.807, 2.05) is 12.1 Å². The Kier molecular flexibility index (Phi) is 2.33. The normalized spacial score (nSPS) is 22.8. The van der Waals surface area contributed by atoms with Gasteiger partial charge in [0.15, 0.2) is 0 Å². The zero-order valence-electron chi connectivity index (χ0n) is 8.40. The minimum atomic E-state index is 0.181. The second-order valence-corrected chi connectivity index (χ2v) is 4.07. The minimum absolute atomic E-state index is 0.181. The van der Waals surface area contributed by atoms with Gasteiger partial charge in [0, 0.05) is 6.54 Å². The van der Waals surface area contributed by atoms with Crippen LogP contribution in [0.4, 0.5) is 5.69 Å². The molecule has 3 nitrogen and oxygen atoms in total. The van der Waals surface area contributed by atoms with Gasteiger partial charge in [-0.1, -0.05) is 6.07 Å². The van der Waals surface area contributed by atoms with Crippen molar-refractivity contribution in [3.05, 3.63) is 23.8 Å². The monoisotopic (exact) mass is 192 g/mol. The Morgan fingerprint density at radius 1 is 1.50 bits per heavy atom. The van der Waals surface area contributed by atoms with E-state index in [1.165, 1.54) is 12.0 Å². The van der Waals surface area contributed by atoms with Gasteiger partial charge in [0.2, 0.25) is 0 Å². The van der Waals surface area contributed by atoms with E-state index in [2.05, 4.69) is 11.9 Å². The number of rotatable bonds is 1. The Labute approximate surface area is 84.1 Å². The summed E-state index contributed by atoms with van der Waals surface area (Å²) in [7, 11) is 2.13. The summed E-state index contributed by atoms with van der Waals surface area (Å²) in [4.78, 5) is 2.31. The maximum atomic E-state index is 9.30. The van der Waals surface area contributed by atoms with Gasteiger partial charge in [-0.15, -0.1) is 0 Å². The number of benzene rings is 1. The van der Waals surface area contributed by atoms with E-state index in [0.717, 1.165) is 13.1 Å². The Morgan fingerprint density at radius 3 is 2.86 bits per heavy atom. The van der Waals surface area contributed by atoms with Crippen LogP contribution >= 0.6 is 0 Å².